The Kier molecular flexibility index (Phi) is 3.43. The molecule has 2 saturated heterocycles. The Labute approximate surface area is 124 Å². The zero-order valence-corrected chi connectivity index (χ0v) is 12.6. The summed E-state index contributed by atoms with van der Waals surface area (Å²) in [7, 11) is 1.87. The molecule has 112 valence electrons. The topological polar surface area (TPSA) is 53.5 Å². The molecule has 0 aromatic carbocycles. The van der Waals surface area contributed by atoms with E-state index in [-0.39, 0.29) is 17.2 Å². The summed E-state index contributed by atoms with van der Waals surface area (Å²) >= 11 is 0. The molecule has 0 atom stereocenters. The third-order valence-corrected chi connectivity index (χ3v) is 4.74. The molecule has 1 spiro atoms. The highest BCUT2D eigenvalue weighted by Gasteiger charge is 2.44. The molecule has 0 aliphatic carbocycles. The molecule has 1 aromatic rings. The molecule has 0 bridgehead atoms. The van der Waals surface area contributed by atoms with E-state index in [0.717, 1.165) is 38.2 Å². The van der Waals surface area contributed by atoms with Gasteiger partial charge in [-0.05, 0) is 31.9 Å². The summed E-state index contributed by atoms with van der Waals surface area (Å²) in [6.07, 6.45) is 2.44. The number of aromatic nitrogens is 1. The van der Waals surface area contributed by atoms with Gasteiger partial charge in [-0.3, -0.25) is 9.59 Å². The molecule has 0 N–H and O–H groups in total. The molecule has 5 heteroatoms. The van der Waals surface area contributed by atoms with Crippen LogP contribution in [0.3, 0.4) is 0 Å². The molecule has 2 aliphatic rings. The van der Waals surface area contributed by atoms with Crippen LogP contribution in [-0.2, 0) is 4.79 Å². The quantitative estimate of drug-likeness (QED) is 0.786. The Balaban J connectivity index is 1.66. The Hall–Kier alpha value is -1.91. The summed E-state index contributed by atoms with van der Waals surface area (Å²) in [4.78, 5) is 32.2. The van der Waals surface area contributed by atoms with E-state index in [4.69, 9.17) is 0 Å². The molecule has 0 saturated carbocycles. The van der Waals surface area contributed by atoms with E-state index in [1.807, 2.05) is 35.9 Å². The van der Waals surface area contributed by atoms with Gasteiger partial charge in [-0.25, -0.2) is 4.98 Å². The summed E-state index contributed by atoms with van der Waals surface area (Å²) < 4.78 is 0. The first-order chi connectivity index (χ1) is 9.99. The van der Waals surface area contributed by atoms with Crippen LogP contribution in [0.1, 0.15) is 35.4 Å². The van der Waals surface area contributed by atoms with Crippen LogP contribution in [0, 0.1) is 12.3 Å². The lowest BCUT2D eigenvalue weighted by atomic mass is 9.77. The number of carbonyl (C=O) groups excluding carboxylic acids is 2. The molecule has 2 amide bonds. The summed E-state index contributed by atoms with van der Waals surface area (Å²) in [5.41, 5.74) is 1.46. The van der Waals surface area contributed by atoms with Crippen molar-refractivity contribution in [2.24, 2.45) is 5.41 Å². The predicted octanol–water partition coefficient (Wildman–Crippen LogP) is 1.47. The van der Waals surface area contributed by atoms with Gasteiger partial charge < -0.3 is 9.80 Å². The second-order valence-electron chi connectivity index (χ2n) is 6.38. The van der Waals surface area contributed by atoms with Crippen molar-refractivity contribution in [2.45, 2.75) is 26.2 Å². The smallest absolute Gasteiger partial charge is 0.272 e. The van der Waals surface area contributed by atoms with Crippen LogP contribution in [0.15, 0.2) is 18.2 Å². The van der Waals surface area contributed by atoms with Gasteiger partial charge in [0.15, 0.2) is 0 Å². The standard InChI is InChI=1S/C16H21N3O2/c1-12-4-3-5-13(17-12)15(21)19-8-6-16(7-9-19)10-14(20)18(2)11-16/h3-5H,6-11H2,1-2H3. The summed E-state index contributed by atoms with van der Waals surface area (Å²) in [5, 5.41) is 0. The van der Waals surface area contributed by atoms with Crippen molar-refractivity contribution in [3.8, 4) is 0 Å². The second kappa shape index (κ2) is 5.13. The number of carbonyl (C=O) groups is 2. The van der Waals surface area contributed by atoms with E-state index < -0.39 is 0 Å². The lowest BCUT2D eigenvalue weighted by Crippen LogP contribution is -2.44. The summed E-state index contributed by atoms with van der Waals surface area (Å²) in [5.74, 6) is 0.237. The van der Waals surface area contributed by atoms with Crippen LogP contribution in [0.5, 0.6) is 0 Å². The van der Waals surface area contributed by atoms with Crippen molar-refractivity contribution >= 4 is 11.8 Å². The van der Waals surface area contributed by atoms with E-state index >= 15 is 0 Å². The number of aryl methyl sites for hydroxylation is 1. The average molecular weight is 287 g/mol. The zero-order chi connectivity index (χ0) is 15.0. The predicted molar refractivity (Wildman–Crippen MR) is 78.8 cm³/mol. The number of hydrogen-bond donors (Lipinski definition) is 0. The largest absolute Gasteiger partial charge is 0.345 e. The first kappa shape index (κ1) is 14.0. The number of pyridine rings is 1. The minimum Gasteiger partial charge on any atom is -0.345 e. The highest BCUT2D eigenvalue weighted by atomic mass is 16.2. The van der Waals surface area contributed by atoms with E-state index in [1.165, 1.54) is 0 Å². The Morgan fingerprint density at radius 1 is 1.29 bits per heavy atom. The molecule has 0 unspecified atom stereocenters. The van der Waals surface area contributed by atoms with E-state index in [2.05, 4.69) is 4.98 Å². The van der Waals surface area contributed by atoms with Crippen LogP contribution in [0.4, 0.5) is 0 Å². The molecule has 2 aliphatic heterocycles. The van der Waals surface area contributed by atoms with Gasteiger partial charge in [0.25, 0.3) is 5.91 Å². The van der Waals surface area contributed by atoms with Crippen molar-refractivity contribution in [1.82, 2.24) is 14.8 Å². The fourth-order valence-electron chi connectivity index (χ4n) is 3.45. The van der Waals surface area contributed by atoms with Gasteiger partial charge in [-0.1, -0.05) is 6.07 Å². The fraction of sp³-hybridized carbons (Fsp3) is 0.562. The summed E-state index contributed by atoms with van der Waals surface area (Å²) in [6, 6.07) is 5.53. The number of nitrogens with zero attached hydrogens (tertiary/aromatic N) is 3. The zero-order valence-electron chi connectivity index (χ0n) is 12.6. The fourth-order valence-corrected chi connectivity index (χ4v) is 3.45. The van der Waals surface area contributed by atoms with Crippen molar-refractivity contribution in [1.29, 1.82) is 0 Å². The third-order valence-electron chi connectivity index (χ3n) is 4.74. The molecule has 0 radical (unpaired) electrons. The first-order valence-electron chi connectivity index (χ1n) is 7.46. The van der Waals surface area contributed by atoms with E-state index in [1.54, 1.807) is 6.07 Å². The highest BCUT2D eigenvalue weighted by molar-refractivity contribution is 5.92. The van der Waals surface area contributed by atoms with Crippen molar-refractivity contribution in [3.63, 3.8) is 0 Å². The van der Waals surface area contributed by atoms with E-state index in [9.17, 15) is 9.59 Å². The van der Waals surface area contributed by atoms with Crippen molar-refractivity contribution in [3.05, 3.63) is 29.6 Å². The van der Waals surface area contributed by atoms with E-state index in [0.29, 0.717) is 12.1 Å². The monoisotopic (exact) mass is 287 g/mol. The number of likely N-dealkylation sites (tertiary alicyclic amines) is 2. The SMILES string of the molecule is Cc1cccc(C(=O)N2CCC3(CC2)CC(=O)N(C)C3)n1. The highest BCUT2D eigenvalue weighted by Crippen LogP contribution is 2.40. The first-order valence-corrected chi connectivity index (χ1v) is 7.46. The molecule has 2 fully saturated rings. The Morgan fingerprint density at radius 3 is 2.57 bits per heavy atom. The molecule has 21 heavy (non-hydrogen) atoms. The van der Waals surface area contributed by atoms with Crippen LogP contribution in [-0.4, -0.2) is 53.3 Å². The average Bonchev–Trinajstić information content (AvgIpc) is 2.73. The maximum absolute atomic E-state index is 12.5. The number of hydrogen-bond acceptors (Lipinski definition) is 3. The number of piperidine rings is 1. The molecule has 3 heterocycles. The lowest BCUT2D eigenvalue weighted by molar-refractivity contribution is -0.126. The maximum atomic E-state index is 12.5. The van der Waals surface area contributed by atoms with Crippen molar-refractivity contribution < 1.29 is 9.59 Å². The third kappa shape index (κ3) is 2.64. The van der Waals surface area contributed by atoms with Crippen molar-refractivity contribution in [2.75, 3.05) is 26.7 Å². The van der Waals surface area contributed by atoms with Crippen LogP contribution in [0.2, 0.25) is 0 Å². The molecule has 1 aromatic heterocycles. The van der Waals surface area contributed by atoms with Crippen LogP contribution < -0.4 is 0 Å². The normalized spacial score (nSPS) is 21.1. The van der Waals surface area contributed by atoms with Gasteiger partial charge >= 0.3 is 0 Å². The Morgan fingerprint density at radius 2 is 2.00 bits per heavy atom. The van der Waals surface area contributed by atoms with Gasteiger partial charge in [0, 0.05) is 44.2 Å². The van der Waals surface area contributed by atoms with Gasteiger partial charge in [0.1, 0.15) is 5.69 Å². The van der Waals surface area contributed by atoms with Crippen LogP contribution >= 0.6 is 0 Å². The number of rotatable bonds is 1. The van der Waals surface area contributed by atoms with Gasteiger partial charge in [0.05, 0.1) is 0 Å². The minimum atomic E-state index is 0.00577. The molecule has 3 rings (SSSR count). The maximum Gasteiger partial charge on any atom is 0.272 e. The summed E-state index contributed by atoms with van der Waals surface area (Å²) in [6.45, 7) is 4.16. The van der Waals surface area contributed by atoms with Gasteiger partial charge in [-0.2, -0.15) is 0 Å². The van der Waals surface area contributed by atoms with Gasteiger partial charge in [0.2, 0.25) is 5.91 Å². The van der Waals surface area contributed by atoms with Gasteiger partial charge in [-0.15, -0.1) is 0 Å². The second-order valence-corrected chi connectivity index (χ2v) is 6.38. The minimum absolute atomic E-state index is 0.00577. The molecular weight excluding hydrogens is 266 g/mol. The number of amides is 2. The van der Waals surface area contributed by atoms with Crippen LogP contribution in [0.25, 0.3) is 0 Å². The molecule has 5 nitrogen and oxygen atoms in total. The molecular formula is C16H21N3O2. The lowest BCUT2D eigenvalue weighted by Gasteiger charge is -2.38. The Bertz CT molecular complexity index is 577.